The predicted octanol–water partition coefficient (Wildman–Crippen LogP) is 1.78. The summed E-state index contributed by atoms with van der Waals surface area (Å²) in [4.78, 5) is 0.402. The Bertz CT molecular complexity index is 450. The molecule has 1 saturated heterocycles. The smallest absolute Gasteiger partial charge is 0.207 e. The minimum Gasteiger partial charge on any atom is -0.207 e. The molecule has 0 aliphatic carbocycles. The quantitative estimate of drug-likeness (QED) is 0.769. The Hall–Kier alpha value is -0.870. The van der Waals surface area contributed by atoms with Crippen LogP contribution in [-0.4, -0.2) is 25.3 Å². The fourth-order valence-corrected chi connectivity index (χ4v) is 3.37. The van der Waals surface area contributed by atoms with E-state index in [1.54, 1.807) is 16.4 Å². The highest BCUT2D eigenvalue weighted by Gasteiger charge is 2.35. The molecular formula is C11H15NO2S. The maximum atomic E-state index is 12.1. The number of rotatable bonds is 2. The van der Waals surface area contributed by atoms with Crippen molar-refractivity contribution in [3.63, 3.8) is 0 Å². The van der Waals surface area contributed by atoms with Gasteiger partial charge in [0.05, 0.1) is 4.90 Å². The van der Waals surface area contributed by atoms with Crippen molar-refractivity contribution in [1.29, 1.82) is 0 Å². The number of sulfonamides is 1. The molecule has 1 aromatic rings. The van der Waals surface area contributed by atoms with Crippen LogP contribution in [0.1, 0.15) is 18.9 Å². The summed E-state index contributed by atoms with van der Waals surface area (Å²) in [5.41, 5.74) is 1.07. The van der Waals surface area contributed by atoms with Crippen molar-refractivity contribution in [1.82, 2.24) is 4.31 Å². The Morgan fingerprint density at radius 2 is 1.87 bits per heavy atom. The third kappa shape index (κ3) is 1.79. The van der Waals surface area contributed by atoms with Crippen molar-refractivity contribution >= 4 is 10.0 Å². The monoisotopic (exact) mass is 225 g/mol. The van der Waals surface area contributed by atoms with Crippen LogP contribution in [0.15, 0.2) is 29.2 Å². The summed E-state index contributed by atoms with van der Waals surface area (Å²) < 4.78 is 25.7. The van der Waals surface area contributed by atoms with Crippen molar-refractivity contribution in [3.05, 3.63) is 29.8 Å². The van der Waals surface area contributed by atoms with Gasteiger partial charge in [-0.25, -0.2) is 8.42 Å². The van der Waals surface area contributed by atoms with Gasteiger partial charge in [-0.2, -0.15) is 4.31 Å². The molecule has 15 heavy (non-hydrogen) atoms. The molecule has 3 nitrogen and oxygen atoms in total. The van der Waals surface area contributed by atoms with Crippen molar-refractivity contribution in [2.45, 2.75) is 31.2 Å². The van der Waals surface area contributed by atoms with E-state index in [0.29, 0.717) is 11.4 Å². The SMILES string of the molecule is Cc1ccc(S(=O)(=O)N2CC[C@@H]2C)cc1. The van der Waals surface area contributed by atoms with Gasteiger partial charge >= 0.3 is 0 Å². The molecule has 1 fully saturated rings. The molecule has 1 atom stereocenters. The molecule has 1 heterocycles. The molecule has 0 saturated carbocycles. The van der Waals surface area contributed by atoms with Crippen molar-refractivity contribution in [2.24, 2.45) is 0 Å². The van der Waals surface area contributed by atoms with E-state index in [2.05, 4.69) is 0 Å². The molecule has 1 aliphatic heterocycles. The van der Waals surface area contributed by atoms with Gasteiger partial charge in [0.1, 0.15) is 0 Å². The van der Waals surface area contributed by atoms with Gasteiger partial charge in [0.2, 0.25) is 10.0 Å². The van der Waals surface area contributed by atoms with E-state index >= 15 is 0 Å². The van der Waals surface area contributed by atoms with Gasteiger partial charge in [0, 0.05) is 12.6 Å². The molecule has 82 valence electrons. The number of aryl methyl sites for hydroxylation is 1. The van der Waals surface area contributed by atoms with Crippen LogP contribution in [0, 0.1) is 6.92 Å². The highest BCUT2D eigenvalue weighted by atomic mass is 32.2. The van der Waals surface area contributed by atoms with Crippen LogP contribution >= 0.6 is 0 Å². The zero-order valence-electron chi connectivity index (χ0n) is 8.97. The zero-order valence-corrected chi connectivity index (χ0v) is 9.79. The summed E-state index contributed by atoms with van der Waals surface area (Å²) >= 11 is 0. The molecule has 0 radical (unpaired) electrons. The molecular weight excluding hydrogens is 210 g/mol. The van der Waals surface area contributed by atoms with E-state index in [-0.39, 0.29) is 6.04 Å². The van der Waals surface area contributed by atoms with Crippen LogP contribution in [0.25, 0.3) is 0 Å². The van der Waals surface area contributed by atoms with Crippen LogP contribution in [0.2, 0.25) is 0 Å². The van der Waals surface area contributed by atoms with Gasteiger partial charge in [0.25, 0.3) is 0 Å². The third-order valence-corrected chi connectivity index (χ3v) is 4.91. The average Bonchev–Trinajstić information content (AvgIpc) is 2.15. The van der Waals surface area contributed by atoms with E-state index < -0.39 is 10.0 Å². The second-order valence-electron chi connectivity index (χ2n) is 4.07. The second-order valence-corrected chi connectivity index (χ2v) is 5.96. The standard InChI is InChI=1S/C11H15NO2S/c1-9-3-5-11(6-4-9)15(13,14)12-8-7-10(12)2/h3-6,10H,7-8H2,1-2H3/t10-/m0/s1. The van der Waals surface area contributed by atoms with E-state index in [9.17, 15) is 8.42 Å². The fraction of sp³-hybridized carbons (Fsp3) is 0.455. The summed E-state index contributed by atoms with van der Waals surface area (Å²) in [7, 11) is -3.23. The normalized spacial score (nSPS) is 22.4. The lowest BCUT2D eigenvalue weighted by Gasteiger charge is -2.37. The number of nitrogens with zero attached hydrogens (tertiary/aromatic N) is 1. The molecule has 4 heteroatoms. The highest BCUT2D eigenvalue weighted by Crippen LogP contribution is 2.26. The summed E-state index contributed by atoms with van der Waals surface area (Å²) in [5.74, 6) is 0. The Labute approximate surface area is 90.8 Å². The second kappa shape index (κ2) is 3.61. The first-order valence-corrected chi connectivity index (χ1v) is 6.54. The molecule has 0 bridgehead atoms. The van der Waals surface area contributed by atoms with Crippen LogP contribution in [0.5, 0.6) is 0 Å². The molecule has 0 N–H and O–H groups in total. The maximum Gasteiger partial charge on any atom is 0.243 e. The van der Waals surface area contributed by atoms with Gasteiger partial charge in [0.15, 0.2) is 0 Å². The minimum atomic E-state index is -3.23. The lowest BCUT2D eigenvalue weighted by molar-refractivity contribution is 0.217. The van der Waals surface area contributed by atoms with Crippen molar-refractivity contribution in [2.75, 3.05) is 6.54 Å². The van der Waals surface area contributed by atoms with Crippen LogP contribution in [0.3, 0.4) is 0 Å². The minimum absolute atomic E-state index is 0.149. The lowest BCUT2D eigenvalue weighted by atomic mass is 10.1. The molecule has 0 unspecified atom stereocenters. The first-order chi connectivity index (χ1) is 7.01. The van der Waals surface area contributed by atoms with Gasteiger partial charge in [-0.1, -0.05) is 17.7 Å². The highest BCUT2D eigenvalue weighted by molar-refractivity contribution is 7.89. The van der Waals surface area contributed by atoms with Crippen LogP contribution in [0.4, 0.5) is 0 Å². The fourth-order valence-electron chi connectivity index (χ4n) is 1.70. The predicted molar refractivity (Wildman–Crippen MR) is 59.1 cm³/mol. The molecule has 0 aromatic heterocycles. The molecule has 0 spiro atoms. The van der Waals surface area contributed by atoms with Gasteiger partial charge in [-0.3, -0.25) is 0 Å². The average molecular weight is 225 g/mol. The Morgan fingerprint density at radius 3 is 2.27 bits per heavy atom. The topological polar surface area (TPSA) is 37.4 Å². The number of benzene rings is 1. The summed E-state index contributed by atoms with van der Waals surface area (Å²) in [6.07, 6.45) is 0.963. The first kappa shape index (κ1) is 10.6. The summed E-state index contributed by atoms with van der Waals surface area (Å²) in [6, 6.07) is 7.16. The zero-order chi connectivity index (χ0) is 11.1. The van der Waals surface area contributed by atoms with Crippen LogP contribution in [-0.2, 0) is 10.0 Å². The van der Waals surface area contributed by atoms with Crippen LogP contribution < -0.4 is 0 Å². The van der Waals surface area contributed by atoms with Crippen molar-refractivity contribution in [3.8, 4) is 0 Å². The van der Waals surface area contributed by atoms with Gasteiger partial charge in [-0.15, -0.1) is 0 Å². The number of hydrogen-bond donors (Lipinski definition) is 0. The largest absolute Gasteiger partial charge is 0.243 e. The molecule has 1 aliphatic rings. The number of hydrogen-bond acceptors (Lipinski definition) is 2. The molecule has 0 amide bonds. The Balaban J connectivity index is 2.33. The van der Waals surface area contributed by atoms with E-state index in [4.69, 9.17) is 0 Å². The van der Waals surface area contributed by atoms with E-state index in [1.165, 1.54) is 0 Å². The Morgan fingerprint density at radius 1 is 1.27 bits per heavy atom. The van der Waals surface area contributed by atoms with Gasteiger partial charge in [-0.05, 0) is 32.4 Å². The van der Waals surface area contributed by atoms with E-state index in [0.717, 1.165) is 12.0 Å². The Kier molecular flexibility index (Phi) is 2.56. The molecule has 2 rings (SSSR count). The first-order valence-electron chi connectivity index (χ1n) is 5.10. The van der Waals surface area contributed by atoms with Gasteiger partial charge < -0.3 is 0 Å². The lowest BCUT2D eigenvalue weighted by Crippen LogP contribution is -2.49. The van der Waals surface area contributed by atoms with E-state index in [1.807, 2.05) is 26.0 Å². The van der Waals surface area contributed by atoms with Crippen molar-refractivity contribution < 1.29 is 8.42 Å². The third-order valence-electron chi connectivity index (χ3n) is 2.89. The molecule has 1 aromatic carbocycles. The maximum absolute atomic E-state index is 12.1. The summed E-state index contributed by atoms with van der Waals surface area (Å²) in [5, 5.41) is 0. The summed E-state index contributed by atoms with van der Waals surface area (Å²) in [6.45, 7) is 4.54.